The maximum atomic E-state index is 12.9. The van der Waals surface area contributed by atoms with Gasteiger partial charge in [-0.25, -0.2) is 4.79 Å². The van der Waals surface area contributed by atoms with Crippen LogP contribution in [0.3, 0.4) is 0 Å². The summed E-state index contributed by atoms with van der Waals surface area (Å²) in [6.45, 7) is 8.90. The molecule has 0 radical (unpaired) electrons. The largest absolute Gasteiger partial charge is 0.497 e. The standard InChI is InChI=1S/C30H38O6/c1-21(2)27(22(3)4)16-28(31)35-20-30(19-34-18-23-10-7-6-8-11-23)17-25(29(32)36-30)14-24-12-9-13-26(15-24)33-5/h6-15,21-22,27H,16-20H2,1-5H3/b25-14+. The predicted octanol–water partition coefficient (Wildman–Crippen LogP) is 5.84. The summed E-state index contributed by atoms with van der Waals surface area (Å²) >= 11 is 0. The van der Waals surface area contributed by atoms with E-state index in [-0.39, 0.29) is 31.5 Å². The van der Waals surface area contributed by atoms with Crippen molar-refractivity contribution in [3.63, 3.8) is 0 Å². The molecule has 0 bridgehead atoms. The second-order valence-corrected chi connectivity index (χ2v) is 10.2. The first-order valence-electron chi connectivity index (χ1n) is 12.6. The number of methoxy groups -OCH3 is 1. The molecule has 1 aliphatic heterocycles. The van der Waals surface area contributed by atoms with Crippen molar-refractivity contribution < 1.29 is 28.5 Å². The van der Waals surface area contributed by atoms with Crippen molar-refractivity contribution in [2.75, 3.05) is 20.3 Å². The molecule has 6 nitrogen and oxygen atoms in total. The molecule has 1 heterocycles. The number of ether oxygens (including phenoxy) is 4. The molecule has 0 amide bonds. The molecule has 1 atom stereocenters. The third-order valence-electron chi connectivity index (χ3n) is 6.61. The first kappa shape index (κ1) is 27.5. The fourth-order valence-electron chi connectivity index (χ4n) is 4.60. The lowest BCUT2D eigenvalue weighted by Crippen LogP contribution is -2.40. The highest BCUT2D eigenvalue weighted by Gasteiger charge is 2.45. The van der Waals surface area contributed by atoms with Gasteiger partial charge in [0.25, 0.3) is 0 Å². The first-order chi connectivity index (χ1) is 17.2. The molecule has 3 rings (SSSR count). The topological polar surface area (TPSA) is 71.1 Å². The molecule has 1 saturated heterocycles. The van der Waals surface area contributed by atoms with Crippen LogP contribution < -0.4 is 4.74 Å². The molecule has 0 spiro atoms. The molecular weight excluding hydrogens is 456 g/mol. The molecule has 2 aromatic carbocycles. The minimum atomic E-state index is -1.07. The minimum Gasteiger partial charge on any atom is -0.497 e. The number of carbonyl (C=O) groups is 2. The third kappa shape index (κ3) is 7.69. The van der Waals surface area contributed by atoms with Crippen molar-refractivity contribution in [1.82, 2.24) is 0 Å². The van der Waals surface area contributed by atoms with E-state index in [9.17, 15) is 9.59 Å². The average Bonchev–Trinajstić information content (AvgIpc) is 3.16. The fourth-order valence-corrected chi connectivity index (χ4v) is 4.60. The van der Waals surface area contributed by atoms with Crippen LogP contribution in [0.4, 0.5) is 0 Å². The Morgan fingerprint density at radius 2 is 1.75 bits per heavy atom. The van der Waals surface area contributed by atoms with Gasteiger partial charge in [-0.05, 0) is 47.1 Å². The van der Waals surface area contributed by atoms with E-state index in [1.54, 1.807) is 13.2 Å². The van der Waals surface area contributed by atoms with E-state index in [0.717, 1.165) is 11.1 Å². The van der Waals surface area contributed by atoms with Gasteiger partial charge >= 0.3 is 11.9 Å². The van der Waals surface area contributed by atoms with Gasteiger partial charge in [-0.15, -0.1) is 0 Å². The number of carbonyl (C=O) groups excluding carboxylic acids is 2. The lowest BCUT2D eigenvalue weighted by atomic mass is 9.83. The van der Waals surface area contributed by atoms with Crippen molar-refractivity contribution in [3.8, 4) is 5.75 Å². The zero-order valence-corrected chi connectivity index (χ0v) is 22.0. The first-order valence-corrected chi connectivity index (χ1v) is 12.6. The van der Waals surface area contributed by atoms with Gasteiger partial charge in [0.1, 0.15) is 12.4 Å². The van der Waals surface area contributed by atoms with Crippen LogP contribution >= 0.6 is 0 Å². The average molecular weight is 495 g/mol. The number of hydrogen-bond donors (Lipinski definition) is 0. The number of benzene rings is 2. The molecule has 0 aliphatic carbocycles. The lowest BCUT2D eigenvalue weighted by molar-refractivity contribution is -0.170. The van der Waals surface area contributed by atoms with Gasteiger partial charge in [-0.2, -0.15) is 0 Å². The summed E-state index contributed by atoms with van der Waals surface area (Å²) in [7, 11) is 1.60. The molecule has 0 aromatic heterocycles. The second kappa shape index (κ2) is 12.7. The van der Waals surface area contributed by atoms with Crippen LogP contribution in [-0.4, -0.2) is 37.9 Å². The summed E-state index contributed by atoms with van der Waals surface area (Å²) in [5.74, 6) is 0.930. The highest BCUT2D eigenvalue weighted by molar-refractivity contribution is 5.96. The molecule has 1 aliphatic rings. The van der Waals surface area contributed by atoms with Crippen LogP contribution in [0.15, 0.2) is 60.2 Å². The molecular formula is C30H38O6. The Morgan fingerprint density at radius 3 is 2.42 bits per heavy atom. The van der Waals surface area contributed by atoms with Gasteiger partial charge in [-0.3, -0.25) is 4.79 Å². The maximum absolute atomic E-state index is 12.9. The van der Waals surface area contributed by atoms with Gasteiger partial charge in [0.15, 0.2) is 5.60 Å². The van der Waals surface area contributed by atoms with Crippen LogP contribution in [0.1, 0.15) is 51.7 Å². The fraction of sp³-hybridized carbons (Fsp3) is 0.467. The third-order valence-corrected chi connectivity index (χ3v) is 6.61. The maximum Gasteiger partial charge on any atom is 0.334 e. The summed E-state index contributed by atoms with van der Waals surface area (Å²) < 4.78 is 22.8. The summed E-state index contributed by atoms with van der Waals surface area (Å²) in [5.41, 5.74) is 1.27. The Morgan fingerprint density at radius 1 is 1.03 bits per heavy atom. The van der Waals surface area contributed by atoms with E-state index >= 15 is 0 Å². The molecule has 0 saturated carbocycles. The normalized spacial score (nSPS) is 18.8. The van der Waals surface area contributed by atoms with Crippen molar-refractivity contribution >= 4 is 18.0 Å². The Balaban J connectivity index is 1.74. The molecule has 6 heteroatoms. The van der Waals surface area contributed by atoms with Crippen LogP contribution in [0.25, 0.3) is 6.08 Å². The molecule has 0 N–H and O–H groups in total. The molecule has 194 valence electrons. The summed E-state index contributed by atoms with van der Waals surface area (Å²) in [6.07, 6.45) is 2.40. The Bertz CT molecular complexity index is 1030. The molecule has 1 unspecified atom stereocenters. The highest BCUT2D eigenvalue weighted by Crippen LogP contribution is 2.34. The lowest BCUT2D eigenvalue weighted by Gasteiger charge is -2.28. The van der Waals surface area contributed by atoms with E-state index in [0.29, 0.717) is 36.2 Å². The van der Waals surface area contributed by atoms with Crippen molar-refractivity contribution in [3.05, 3.63) is 71.3 Å². The van der Waals surface area contributed by atoms with E-state index < -0.39 is 11.6 Å². The quantitative estimate of drug-likeness (QED) is 0.273. The summed E-state index contributed by atoms with van der Waals surface area (Å²) in [5, 5.41) is 0. The van der Waals surface area contributed by atoms with E-state index in [1.165, 1.54) is 0 Å². The minimum absolute atomic E-state index is 0.0509. The zero-order chi connectivity index (χ0) is 26.1. The van der Waals surface area contributed by atoms with Crippen LogP contribution in [0, 0.1) is 17.8 Å². The second-order valence-electron chi connectivity index (χ2n) is 10.2. The molecule has 36 heavy (non-hydrogen) atoms. The number of cyclic esters (lactones) is 1. The number of esters is 2. The van der Waals surface area contributed by atoms with Crippen LogP contribution in [0.5, 0.6) is 5.75 Å². The monoisotopic (exact) mass is 494 g/mol. The summed E-state index contributed by atoms with van der Waals surface area (Å²) in [6, 6.07) is 17.2. The highest BCUT2D eigenvalue weighted by atomic mass is 16.6. The van der Waals surface area contributed by atoms with Gasteiger partial charge in [0.2, 0.25) is 0 Å². The van der Waals surface area contributed by atoms with E-state index in [2.05, 4.69) is 27.7 Å². The summed E-state index contributed by atoms with van der Waals surface area (Å²) in [4.78, 5) is 25.6. The molecule has 1 fully saturated rings. The Labute approximate surface area is 214 Å². The SMILES string of the molecule is COc1cccc(/C=C2\CC(COCc3ccccc3)(COC(=O)CC(C(C)C)C(C)C)OC2=O)c1. The van der Waals surface area contributed by atoms with Gasteiger partial charge in [0.05, 0.1) is 20.3 Å². The smallest absolute Gasteiger partial charge is 0.334 e. The number of rotatable bonds is 12. The predicted molar refractivity (Wildman–Crippen MR) is 139 cm³/mol. The van der Waals surface area contributed by atoms with Crippen molar-refractivity contribution in [1.29, 1.82) is 0 Å². The van der Waals surface area contributed by atoms with Gasteiger partial charge in [-0.1, -0.05) is 70.2 Å². The van der Waals surface area contributed by atoms with Crippen molar-refractivity contribution in [2.24, 2.45) is 17.8 Å². The van der Waals surface area contributed by atoms with E-state index in [1.807, 2.05) is 54.6 Å². The van der Waals surface area contributed by atoms with E-state index in [4.69, 9.17) is 18.9 Å². The van der Waals surface area contributed by atoms with Gasteiger partial charge in [0, 0.05) is 18.4 Å². The Kier molecular flexibility index (Phi) is 9.71. The van der Waals surface area contributed by atoms with Crippen LogP contribution in [0.2, 0.25) is 0 Å². The van der Waals surface area contributed by atoms with Crippen LogP contribution in [-0.2, 0) is 30.4 Å². The number of hydrogen-bond acceptors (Lipinski definition) is 6. The zero-order valence-electron chi connectivity index (χ0n) is 22.0. The molecule has 2 aromatic rings. The Hall–Kier alpha value is -3.12. The van der Waals surface area contributed by atoms with Crippen molar-refractivity contribution in [2.45, 2.75) is 52.7 Å². The van der Waals surface area contributed by atoms with Gasteiger partial charge < -0.3 is 18.9 Å².